The summed E-state index contributed by atoms with van der Waals surface area (Å²) in [6, 6.07) is 40.3. The fraction of sp³-hybridized carbons (Fsp3) is 0. The first kappa shape index (κ1) is 24.5. The van der Waals surface area contributed by atoms with Crippen LogP contribution in [0, 0.1) is 0 Å². The first-order valence-corrected chi connectivity index (χ1v) is 14.5. The van der Waals surface area contributed by atoms with Crippen LogP contribution in [0.2, 0.25) is 0 Å². The molecule has 0 aliphatic heterocycles. The third kappa shape index (κ3) is 3.75. The van der Waals surface area contributed by atoms with E-state index in [2.05, 4.69) is 122 Å². The van der Waals surface area contributed by atoms with Gasteiger partial charge in [0.1, 0.15) is 11.0 Å². The number of aromatic nitrogens is 6. The Morgan fingerprint density at radius 2 is 1.00 bits per heavy atom. The fourth-order valence-corrected chi connectivity index (χ4v) is 6.39. The van der Waals surface area contributed by atoms with Crippen LogP contribution in [-0.2, 0) is 0 Å². The minimum Gasteiger partial charge on any atom is -0.307 e. The number of hydrogen-bond donors (Lipinski definition) is 0. The molecule has 206 valence electrons. The molecular formula is C38H24N6. The van der Waals surface area contributed by atoms with Crippen molar-refractivity contribution < 1.29 is 0 Å². The first-order valence-electron chi connectivity index (χ1n) is 14.5. The van der Waals surface area contributed by atoms with Crippen LogP contribution in [0.3, 0.4) is 0 Å². The average molecular weight is 565 g/mol. The molecule has 0 atom stereocenters. The van der Waals surface area contributed by atoms with Crippen LogP contribution >= 0.6 is 0 Å². The lowest BCUT2D eigenvalue weighted by Crippen LogP contribution is -1.97. The Labute approximate surface area is 252 Å². The minimum absolute atomic E-state index is 0.892. The summed E-state index contributed by atoms with van der Waals surface area (Å²) in [4.78, 5) is 18.7. The Kier molecular flexibility index (Phi) is 5.40. The summed E-state index contributed by atoms with van der Waals surface area (Å²) in [7, 11) is 0. The predicted octanol–water partition coefficient (Wildman–Crippen LogP) is 8.79. The summed E-state index contributed by atoms with van der Waals surface area (Å²) in [5.41, 5.74) is 13.5. The summed E-state index contributed by atoms with van der Waals surface area (Å²) in [5.74, 6) is 0. The third-order valence-electron chi connectivity index (χ3n) is 8.33. The molecule has 0 unspecified atom stereocenters. The number of para-hydroxylation sites is 2. The summed E-state index contributed by atoms with van der Waals surface area (Å²) in [5, 5.41) is 1.10. The van der Waals surface area contributed by atoms with E-state index in [9.17, 15) is 0 Å². The molecule has 6 aromatic heterocycles. The maximum Gasteiger partial charge on any atom is 0.116 e. The normalized spacial score (nSPS) is 11.6. The number of nitrogens with zero attached hydrogens (tertiary/aromatic N) is 6. The maximum atomic E-state index is 5.37. The highest BCUT2D eigenvalue weighted by molar-refractivity contribution is 6.14. The SMILES string of the molecule is c1ccc(-n2c3cccnc3c3nc4c5ccccc5n(-c5cc(-c6ccncc6)cc(-c6ccncc6)c5)c4cc32)cc1. The maximum absolute atomic E-state index is 5.37. The Bertz CT molecular complexity index is 2420. The second-order valence-corrected chi connectivity index (χ2v) is 10.9. The highest BCUT2D eigenvalue weighted by Gasteiger charge is 2.20. The van der Waals surface area contributed by atoms with E-state index in [-0.39, 0.29) is 0 Å². The summed E-state index contributed by atoms with van der Waals surface area (Å²) >= 11 is 0. The minimum atomic E-state index is 0.892. The molecule has 44 heavy (non-hydrogen) atoms. The molecule has 0 bridgehead atoms. The van der Waals surface area contributed by atoms with Crippen molar-refractivity contribution in [2.75, 3.05) is 0 Å². The van der Waals surface area contributed by atoms with E-state index in [1.54, 1.807) is 0 Å². The Balaban J connectivity index is 1.41. The third-order valence-corrected chi connectivity index (χ3v) is 8.33. The molecule has 6 heteroatoms. The number of hydrogen-bond acceptors (Lipinski definition) is 4. The van der Waals surface area contributed by atoms with Gasteiger partial charge in [0.25, 0.3) is 0 Å². The van der Waals surface area contributed by atoms with Crippen molar-refractivity contribution in [3.8, 4) is 33.6 Å². The standard InChI is InChI=1S/C38H24N6/c1-2-7-29(8-3-1)43-33-11-6-16-41-37(33)38-35(43)24-34-36(42-38)31-9-4-5-10-32(31)44(34)30-22-27(25-12-17-39-18-13-25)21-28(23-30)26-14-19-40-20-15-26/h1-24H. The number of rotatable bonds is 4. The molecule has 3 aromatic carbocycles. The zero-order chi connectivity index (χ0) is 29.0. The zero-order valence-electron chi connectivity index (χ0n) is 23.5. The average Bonchev–Trinajstić information content (AvgIpc) is 3.60. The van der Waals surface area contributed by atoms with Gasteiger partial charge in [-0.25, -0.2) is 4.98 Å². The topological polar surface area (TPSA) is 61.4 Å². The van der Waals surface area contributed by atoms with Gasteiger partial charge in [0, 0.05) is 47.7 Å². The smallest absolute Gasteiger partial charge is 0.116 e. The summed E-state index contributed by atoms with van der Waals surface area (Å²) < 4.78 is 4.61. The molecule has 0 spiro atoms. The van der Waals surface area contributed by atoms with E-state index in [1.165, 1.54) is 0 Å². The van der Waals surface area contributed by atoms with Gasteiger partial charge in [0.05, 0.1) is 27.6 Å². The van der Waals surface area contributed by atoms with Crippen LogP contribution in [0.5, 0.6) is 0 Å². The van der Waals surface area contributed by atoms with Crippen molar-refractivity contribution in [2.24, 2.45) is 0 Å². The van der Waals surface area contributed by atoms with Crippen molar-refractivity contribution in [2.45, 2.75) is 0 Å². The Morgan fingerprint density at radius 3 is 1.73 bits per heavy atom. The molecule has 0 aliphatic rings. The van der Waals surface area contributed by atoms with Gasteiger partial charge in [-0.05, 0) is 101 Å². The van der Waals surface area contributed by atoms with Crippen LogP contribution < -0.4 is 0 Å². The van der Waals surface area contributed by atoms with E-state index in [4.69, 9.17) is 9.97 Å². The highest BCUT2D eigenvalue weighted by atomic mass is 15.0. The molecule has 0 fully saturated rings. The zero-order valence-corrected chi connectivity index (χ0v) is 23.5. The van der Waals surface area contributed by atoms with Crippen molar-refractivity contribution in [1.29, 1.82) is 0 Å². The quantitative estimate of drug-likeness (QED) is 0.214. The fourth-order valence-electron chi connectivity index (χ4n) is 6.39. The van der Waals surface area contributed by atoms with Gasteiger partial charge >= 0.3 is 0 Å². The van der Waals surface area contributed by atoms with E-state index in [0.29, 0.717) is 0 Å². The van der Waals surface area contributed by atoms with Crippen LogP contribution in [0.1, 0.15) is 0 Å². The number of benzene rings is 3. The highest BCUT2D eigenvalue weighted by Crippen LogP contribution is 2.38. The van der Waals surface area contributed by atoms with Crippen molar-refractivity contribution in [3.63, 3.8) is 0 Å². The molecule has 9 rings (SSSR count). The molecule has 6 nitrogen and oxygen atoms in total. The summed E-state index contributed by atoms with van der Waals surface area (Å²) in [6.07, 6.45) is 9.20. The van der Waals surface area contributed by atoms with Crippen molar-refractivity contribution in [3.05, 3.63) is 146 Å². The van der Waals surface area contributed by atoms with Crippen molar-refractivity contribution in [1.82, 2.24) is 29.1 Å². The van der Waals surface area contributed by atoms with Gasteiger partial charge in [-0.3, -0.25) is 15.0 Å². The van der Waals surface area contributed by atoms with E-state index >= 15 is 0 Å². The number of pyridine rings is 4. The predicted molar refractivity (Wildman–Crippen MR) is 177 cm³/mol. The first-order chi connectivity index (χ1) is 21.8. The van der Waals surface area contributed by atoms with Gasteiger partial charge in [0.15, 0.2) is 0 Å². The van der Waals surface area contributed by atoms with Gasteiger partial charge in [-0.15, -0.1) is 0 Å². The molecule has 0 amide bonds. The lowest BCUT2D eigenvalue weighted by Gasteiger charge is -2.14. The molecule has 0 aliphatic carbocycles. The second-order valence-electron chi connectivity index (χ2n) is 10.9. The van der Waals surface area contributed by atoms with E-state index in [0.717, 1.165) is 77.6 Å². The van der Waals surface area contributed by atoms with Crippen LogP contribution in [0.4, 0.5) is 0 Å². The van der Waals surface area contributed by atoms with Gasteiger partial charge in [-0.1, -0.05) is 36.4 Å². The lowest BCUT2D eigenvalue weighted by atomic mass is 9.99. The molecule has 0 saturated carbocycles. The Hall–Kier alpha value is -6.14. The van der Waals surface area contributed by atoms with Gasteiger partial charge in [-0.2, -0.15) is 0 Å². The molecule has 0 saturated heterocycles. The van der Waals surface area contributed by atoms with Crippen molar-refractivity contribution >= 4 is 44.0 Å². The molecule has 9 aromatic rings. The molecular weight excluding hydrogens is 540 g/mol. The second kappa shape index (κ2) is 9.71. The largest absolute Gasteiger partial charge is 0.307 e. The number of fused-ring (bicyclic) bond motifs is 6. The Morgan fingerprint density at radius 1 is 0.386 bits per heavy atom. The molecule has 0 radical (unpaired) electrons. The van der Waals surface area contributed by atoms with Crippen LogP contribution in [0.15, 0.2) is 146 Å². The monoisotopic (exact) mass is 564 g/mol. The molecule has 0 N–H and O–H groups in total. The van der Waals surface area contributed by atoms with Gasteiger partial charge in [0.2, 0.25) is 0 Å². The summed E-state index contributed by atoms with van der Waals surface area (Å²) in [6.45, 7) is 0. The van der Waals surface area contributed by atoms with Crippen LogP contribution in [0.25, 0.3) is 77.6 Å². The van der Waals surface area contributed by atoms with Gasteiger partial charge < -0.3 is 9.13 Å². The van der Waals surface area contributed by atoms with E-state index < -0.39 is 0 Å². The van der Waals surface area contributed by atoms with E-state index in [1.807, 2.05) is 43.1 Å². The lowest BCUT2D eigenvalue weighted by molar-refractivity contribution is 1.16. The molecule has 6 heterocycles. The van der Waals surface area contributed by atoms with Crippen LogP contribution in [-0.4, -0.2) is 29.1 Å².